The number of hydrogen-bond donors (Lipinski definition) is 0. The molecule has 0 aliphatic rings. The molecule has 0 atom stereocenters. The van der Waals surface area contributed by atoms with Crippen molar-refractivity contribution in [3.8, 4) is 0 Å². The maximum atomic E-state index is 2.31. The Bertz CT molecular complexity index is 753. The quantitative estimate of drug-likeness (QED) is 0.524. The van der Waals surface area contributed by atoms with Crippen LogP contribution in [0.15, 0.2) is 121 Å². The van der Waals surface area contributed by atoms with Crippen molar-refractivity contribution in [3.05, 3.63) is 121 Å². The van der Waals surface area contributed by atoms with Gasteiger partial charge in [0.25, 0.3) is 0 Å². The third-order valence-corrected chi connectivity index (χ3v) is 11.3. The SMILES string of the molecule is c1cc[c]([V]([c]2ccccc2)([c]2ccccc2)[c]2ccccc2)cc1. The van der Waals surface area contributed by atoms with Gasteiger partial charge in [-0.2, -0.15) is 0 Å². The molecule has 0 heterocycles. The minimum atomic E-state index is -2.77. The molecule has 25 heavy (non-hydrogen) atoms. The number of hydrogen-bond acceptors (Lipinski definition) is 0. The first kappa shape index (κ1) is 16.0. The Labute approximate surface area is 152 Å². The van der Waals surface area contributed by atoms with Gasteiger partial charge in [-0.05, 0) is 0 Å². The van der Waals surface area contributed by atoms with Crippen LogP contribution in [-0.4, -0.2) is 0 Å². The van der Waals surface area contributed by atoms with Gasteiger partial charge in [-0.3, -0.25) is 0 Å². The van der Waals surface area contributed by atoms with Gasteiger partial charge in [-0.15, -0.1) is 0 Å². The van der Waals surface area contributed by atoms with E-state index in [4.69, 9.17) is 0 Å². The fourth-order valence-corrected chi connectivity index (χ4v) is 10.2. The van der Waals surface area contributed by atoms with Crippen molar-refractivity contribution in [1.82, 2.24) is 0 Å². The molecule has 0 radical (unpaired) electrons. The fraction of sp³-hybridized carbons (Fsp3) is 0. The molecule has 0 fully saturated rings. The number of benzene rings is 4. The van der Waals surface area contributed by atoms with E-state index < -0.39 is 14.0 Å². The first-order valence-electron chi connectivity index (χ1n) is 8.54. The van der Waals surface area contributed by atoms with Crippen LogP contribution < -0.4 is 17.1 Å². The molecule has 4 aromatic rings. The van der Waals surface area contributed by atoms with Crippen LogP contribution in [0, 0.1) is 0 Å². The summed E-state index contributed by atoms with van der Waals surface area (Å²) < 4.78 is 5.79. The topological polar surface area (TPSA) is 0 Å². The summed E-state index contributed by atoms with van der Waals surface area (Å²) in [5.74, 6) is 0. The summed E-state index contributed by atoms with van der Waals surface area (Å²) in [5.41, 5.74) is 0. The molecule has 0 bridgehead atoms. The van der Waals surface area contributed by atoms with Crippen LogP contribution in [-0.2, 0) is 14.0 Å². The molecule has 0 spiro atoms. The normalized spacial score (nSPS) is 11.2. The van der Waals surface area contributed by atoms with E-state index in [1.54, 1.807) is 0 Å². The number of rotatable bonds is 4. The second kappa shape index (κ2) is 7.15. The molecule has 4 rings (SSSR count). The Hall–Kier alpha value is -2.54. The Kier molecular flexibility index (Phi) is 4.56. The molecule has 121 valence electrons. The summed E-state index contributed by atoms with van der Waals surface area (Å²) in [6, 6.07) is 44.2. The zero-order chi connectivity index (χ0) is 17.0. The van der Waals surface area contributed by atoms with Crippen LogP contribution in [0.4, 0.5) is 0 Å². The molecule has 4 aromatic carbocycles. The van der Waals surface area contributed by atoms with Crippen LogP contribution in [0.5, 0.6) is 0 Å². The first-order valence-corrected chi connectivity index (χ1v) is 11.3. The van der Waals surface area contributed by atoms with E-state index in [1.807, 2.05) is 0 Å². The third-order valence-electron chi connectivity index (χ3n) is 4.57. The molecule has 0 N–H and O–H groups in total. The van der Waals surface area contributed by atoms with Crippen LogP contribution in [0.2, 0.25) is 0 Å². The molecule has 0 saturated heterocycles. The van der Waals surface area contributed by atoms with Crippen LogP contribution >= 0.6 is 0 Å². The van der Waals surface area contributed by atoms with Gasteiger partial charge in [0.2, 0.25) is 0 Å². The molecule has 1 heteroatoms. The summed E-state index contributed by atoms with van der Waals surface area (Å²) in [7, 11) is 0. The summed E-state index contributed by atoms with van der Waals surface area (Å²) >= 11 is -2.77. The van der Waals surface area contributed by atoms with Gasteiger partial charge in [0.15, 0.2) is 0 Å². The molecule has 0 aliphatic carbocycles. The molecule has 0 unspecified atom stereocenters. The average Bonchev–Trinajstić information content (AvgIpc) is 2.72. The van der Waals surface area contributed by atoms with Crippen molar-refractivity contribution >= 4 is 17.1 Å². The van der Waals surface area contributed by atoms with Gasteiger partial charge < -0.3 is 0 Å². The molecule has 0 saturated carbocycles. The van der Waals surface area contributed by atoms with Crippen molar-refractivity contribution < 1.29 is 14.0 Å². The maximum absolute atomic E-state index is 2.77. The van der Waals surface area contributed by atoms with Crippen molar-refractivity contribution in [3.63, 3.8) is 0 Å². The van der Waals surface area contributed by atoms with E-state index in [0.717, 1.165) is 0 Å². The summed E-state index contributed by atoms with van der Waals surface area (Å²) in [6.07, 6.45) is 0. The first-order chi connectivity index (χ1) is 12.4. The molecular formula is C24H20V. The average molecular weight is 359 g/mol. The second-order valence-corrected chi connectivity index (χ2v) is 11.3. The Morgan fingerprint density at radius 2 is 0.480 bits per heavy atom. The fourth-order valence-electron chi connectivity index (χ4n) is 3.50. The van der Waals surface area contributed by atoms with E-state index in [2.05, 4.69) is 121 Å². The summed E-state index contributed by atoms with van der Waals surface area (Å²) in [4.78, 5) is 0. The molecule has 0 nitrogen and oxygen atoms in total. The van der Waals surface area contributed by atoms with Gasteiger partial charge >= 0.3 is 152 Å². The predicted molar refractivity (Wildman–Crippen MR) is 104 cm³/mol. The predicted octanol–water partition coefficient (Wildman–Crippen LogP) is 3.44. The van der Waals surface area contributed by atoms with Crippen molar-refractivity contribution in [2.45, 2.75) is 0 Å². The Balaban J connectivity index is 2.13. The molecule has 0 aromatic heterocycles. The van der Waals surface area contributed by atoms with Gasteiger partial charge in [-0.1, -0.05) is 0 Å². The van der Waals surface area contributed by atoms with E-state index in [0.29, 0.717) is 0 Å². The molecule has 0 aliphatic heterocycles. The van der Waals surface area contributed by atoms with Crippen LogP contribution in [0.25, 0.3) is 0 Å². The zero-order valence-corrected chi connectivity index (χ0v) is 15.4. The van der Waals surface area contributed by atoms with Gasteiger partial charge in [-0.25, -0.2) is 0 Å². The minimum absolute atomic E-state index is 1.45. The van der Waals surface area contributed by atoms with Crippen molar-refractivity contribution in [2.24, 2.45) is 0 Å². The molecular weight excluding hydrogens is 339 g/mol. The monoisotopic (exact) mass is 359 g/mol. The Morgan fingerprint density at radius 3 is 0.680 bits per heavy atom. The van der Waals surface area contributed by atoms with Crippen molar-refractivity contribution in [2.75, 3.05) is 0 Å². The van der Waals surface area contributed by atoms with E-state index in [-0.39, 0.29) is 0 Å². The molecule has 0 amide bonds. The van der Waals surface area contributed by atoms with Crippen LogP contribution in [0.3, 0.4) is 0 Å². The van der Waals surface area contributed by atoms with Crippen LogP contribution in [0.1, 0.15) is 0 Å². The third kappa shape index (κ3) is 2.84. The Morgan fingerprint density at radius 1 is 0.280 bits per heavy atom. The van der Waals surface area contributed by atoms with Gasteiger partial charge in [0, 0.05) is 0 Å². The van der Waals surface area contributed by atoms with Gasteiger partial charge in [0.1, 0.15) is 0 Å². The summed E-state index contributed by atoms with van der Waals surface area (Å²) in [5, 5.41) is 0. The van der Waals surface area contributed by atoms with E-state index in [9.17, 15) is 0 Å². The van der Waals surface area contributed by atoms with E-state index >= 15 is 0 Å². The van der Waals surface area contributed by atoms with E-state index in [1.165, 1.54) is 17.1 Å². The van der Waals surface area contributed by atoms with Gasteiger partial charge in [0.05, 0.1) is 0 Å². The second-order valence-electron chi connectivity index (χ2n) is 6.01. The van der Waals surface area contributed by atoms with Crippen molar-refractivity contribution in [1.29, 1.82) is 0 Å². The zero-order valence-electron chi connectivity index (χ0n) is 14.0. The standard InChI is InChI=1S/4C6H5.V/c4*1-2-4-6-5-3-1;/h4*1-5H;. The summed E-state index contributed by atoms with van der Waals surface area (Å²) in [6.45, 7) is 0.